The number of hydrogen-bond acceptors (Lipinski definition) is 2. The van der Waals surface area contributed by atoms with Gasteiger partial charge in [-0.15, -0.1) is 0 Å². The zero-order valence-corrected chi connectivity index (χ0v) is 11.0. The molecule has 2 N–H and O–H groups in total. The second-order valence-electron chi connectivity index (χ2n) is 2.77. The average molecular weight is 228 g/mol. The SMILES string of the molecule is NCc1cc(C[B-](F)(F)F)ccn1.[K+]. The Labute approximate surface area is 123 Å². The van der Waals surface area contributed by atoms with Crippen molar-refractivity contribution in [2.75, 3.05) is 0 Å². The summed E-state index contributed by atoms with van der Waals surface area (Å²) in [5, 5.41) is 0. The smallest absolute Gasteiger partial charge is 0.449 e. The summed E-state index contributed by atoms with van der Waals surface area (Å²) in [7, 11) is 0. The average Bonchev–Trinajstić information content (AvgIpc) is 2.01. The first-order valence-corrected chi connectivity index (χ1v) is 3.86. The van der Waals surface area contributed by atoms with Gasteiger partial charge in [0.2, 0.25) is 0 Å². The second kappa shape index (κ2) is 6.24. The van der Waals surface area contributed by atoms with Crippen molar-refractivity contribution in [1.82, 2.24) is 4.98 Å². The van der Waals surface area contributed by atoms with Crippen LogP contribution < -0.4 is 57.1 Å². The van der Waals surface area contributed by atoms with E-state index in [1.165, 1.54) is 18.3 Å². The van der Waals surface area contributed by atoms with Crippen LogP contribution >= 0.6 is 0 Å². The van der Waals surface area contributed by atoms with E-state index in [1.807, 2.05) is 0 Å². The van der Waals surface area contributed by atoms with Crippen LogP contribution in [0.15, 0.2) is 18.3 Å². The minimum absolute atomic E-state index is 0. The fourth-order valence-electron chi connectivity index (χ4n) is 1.03. The maximum Gasteiger partial charge on any atom is 1.00 e. The molecule has 1 aromatic heterocycles. The van der Waals surface area contributed by atoms with E-state index in [4.69, 9.17) is 5.73 Å². The van der Waals surface area contributed by atoms with Crippen LogP contribution in [0.25, 0.3) is 0 Å². The third kappa shape index (κ3) is 5.47. The van der Waals surface area contributed by atoms with Gasteiger partial charge in [-0.05, 0) is 12.1 Å². The molecule has 2 nitrogen and oxygen atoms in total. The predicted molar refractivity (Wildman–Crippen MR) is 44.9 cm³/mol. The maximum absolute atomic E-state index is 12.0. The molecule has 1 heterocycles. The largest absolute Gasteiger partial charge is 1.00 e. The van der Waals surface area contributed by atoms with Gasteiger partial charge in [0.1, 0.15) is 0 Å². The topological polar surface area (TPSA) is 38.9 Å². The van der Waals surface area contributed by atoms with Crippen molar-refractivity contribution < 1.29 is 64.3 Å². The molecule has 0 spiro atoms. The molecular formula is C7H9BF3KN2. The molecule has 0 aliphatic carbocycles. The summed E-state index contributed by atoms with van der Waals surface area (Å²) in [6.45, 7) is -4.61. The van der Waals surface area contributed by atoms with Crippen LogP contribution in [0.2, 0.25) is 0 Å². The molecule has 1 aromatic rings. The third-order valence-electron chi connectivity index (χ3n) is 1.56. The number of hydrogen-bond donors (Lipinski definition) is 1. The zero-order valence-electron chi connectivity index (χ0n) is 7.88. The summed E-state index contributed by atoms with van der Waals surface area (Å²) in [6.07, 6.45) is 0.481. The van der Waals surface area contributed by atoms with Gasteiger partial charge >= 0.3 is 58.4 Å². The number of halogens is 3. The number of nitrogens with zero attached hydrogens (tertiary/aromatic N) is 1. The summed E-state index contributed by atoms with van der Waals surface area (Å²) in [5.41, 5.74) is 5.95. The standard InChI is InChI=1S/C7H9BF3N2.K/c9-8(10,11)4-6-1-2-13-7(3-6)5-12;/h1-3H,4-5,12H2;/q-1;+1. The van der Waals surface area contributed by atoms with Gasteiger partial charge < -0.3 is 18.7 Å². The van der Waals surface area contributed by atoms with Gasteiger partial charge in [-0.3, -0.25) is 4.98 Å². The Balaban J connectivity index is 0.00000169. The Bertz CT molecular complexity index is 293. The molecule has 7 heteroatoms. The molecule has 0 radical (unpaired) electrons. The van der Waals surface area contributed by atoms with Crippen molar-refractivity contribution in [3.05, 3.63) is 29.6 Å². The van der Waals surface area contributed by atoms with E-state index in [9.17, 15) is 12.9 Å². The van der Waals surface area contributed by atoms with Crippen LogP contribution in [0, 0.1) is 0 Å². The third-order valence-corrected chi connectivity index (χ3v) is 1.56. The maximum atomic E-state index is 12.0. The summed E-state index contributed by atoms with van der Waals surface area (Å²) in [6, 6.07) is 2.74. The van der Waals surface area contributed by atoms with Crippen molar-refractivity contribution in [3.8, 4) is 0 Å². The monoisotopic (exact) mass is 228 g/mol. The van der Waals surface area contributed by atoms with Gasteiger partial charge in [0, 0.05) is 12.7 Å². The molecule has 0 bridgehead atoms. The van der Waals surface area contributed by atoms with Gasteiger partial charge in [-0.1, -0.05) is 11.9 Å². The van der Waals surface area contributed by atoms with Gasteiger partial charge in [0.15, 0.2) is 0 Å². The van der Waals surface area contributed by atoms with Crippen LogP contribution in [0.5, 0.6) is 0 Å². The van der Waals surface area contributed by atoms with E-state index in [1.54, 1.807) is 0 Å². The Kier molecular flexibility index (Phi) is 6.51. The number of pyridine rings is 1. The number of aromatic nitrogens is 1. The van der Waals surface area contributed by atoms with E-state index >= 15 is 0 Å². The molecule has 0 fully saturated rings. The minimum Gasteiger partial charge on any atom is -0.449 e. The fourth-order valence-corrected chi connectivity index (χ4v) is 1.03. The van der Waals surface area contributed by atoms with Crippen molar-refractivity contribution in [1.29, 1.82) is 0 Å². The summed E-state index contributed by atoms with van der Waals surface area (Å²) in [5.74, 6) is 0. The first kappa shape index (κ1) is 14.6. The Hall–Kier alpha value is 0.601. The van der Waals surface area contributed by atoms with E-state index in [0.29, 0.717) is 5.69 Å². The van der Waals surface area contributed by atoms with E-state index in [0.717, 1.165) is 0 Å². The fraction of sp³-hybridized carbons (Fsp3) is 0.286. The van der Waals surface area contributed by atoms with E-state index in [-0.39, 0.29) is 63.5 Å². The Morgan fingerprint density at radius 1 is 1.36 bits per heavy atom. The molecule has 0 aliphatic heterocycles. The van der Waals surface area contributed by atoms with Gasteiger partial charge in [0.25, 0.3) is 0 Å². The van der Waals surface area contributed by atoms with Gasteiger partial charge in [-0.2, -0.15) is 0 Å². The second-order valence-corrected chi connectivity index (χ2v) is 2.77. The van der Waals surface area contributed by atoms with Crippen LogP contribution in [0.4, 0.5) is 12.9 Å². The van der Waals surface area contributed by atoms with Crippen LogP contribution in [-0.4, -0.2) is 12.0 Å². The predicted octanol–water partition coefficient (Wildman–Crippen LogP) is -1.53. The molecule has 0 unspecified atom stereocenters. The van der Waals surface area contributed by atoms with Crippen molar-refractivity contribution >= 4 is 6.98 Å². The van der Waals surface area contributed by atoms with E-state index in [2.05, 4.69) is 4.98 Å². The Morgan fingerprint density at radius 3 is 2.50 bits per heavy atom. The van der Waals surface area contributed by atoms with Gasteiger partial charge in [0.05, 0.1) is 5.69 Å². The molecule has 0 aromatic carbocycles. The zero-order chi connectivity index (χ0) is 9.90. The van der Waals surface area contributed by atoms with E-state index < -0.39 is 13.3 Å². The molecule has 14 heavy (non-hydrogen) atoms. The molecule has 0 atom stereocenters. The van der Waals surface area contributed by atoms with Crippen LogP contribution in [0.3, 0.4) is 0 Å². The molecule has 0 saturated heterocycles. The van der Waals surface area contributed by atoms with Crippen LogP contribution in [-0.2, 0) is 12.9 Å². The number of rotatable bonds is 3. The molecule has 0 amide bonds. The minimum atomic E-state index is -4.77. The number of nitrogens with two attached hydrogens (primary N) is 1. The summed E-state index contributed by atoms with van der Waals surface area (Å²) >= 11 is 0. The molecule has 0 saturated carbocycles. The first-order valence-electron chi connectivity index (χ1n) is 3.86. The summed E-state index contributed by atoms with van der Waals surface area (Å²) < 4.78 is 36.0. The molecular weight excluding hydrogens is 219 g/mol. The first-order chi connectivity index (χ1) is 6.01. The molecule has 72 valence electrons. The Morgan fingerprint density at radius 2 is 2.00 bits per heavy atom. The van der Waals surface area contributed by atoms with Crippen molar-refractivity contribution in [3.63, 3.8) is 0 Å². The normalized spacial score (nSPS) is 10.9. The van der Waals surface area contributed by atoms with Crippen LogP contribution in [0.1, 0.15) is 11.3 Å². The molecule has 1 rings (SSSR count). The van der Waals surface area contributed by atoms with Crippen molar-refractivity contribution in [2.45, 2.75) is 12.9 Å². The molecule has 0 aliphatic rings. The quantitative estimate of drug-likeness (QED) is 0.638. The van der Waals surface area contributed by atoms with Crippen molar-refractivity contribution in [2.24, 2.45) is 5.73 Å². The van der Waals surface area contributed by atoms with Gasteiger partial charge in [-0.25, -0.2) is 0 Å². The summed E-state index contributed by atoms with van der Waals surface area (Å²) in [4.78, 5) is 3.80.